The normalized spacial score (nSPS) is 26.0. The largest absolute Gasteiger partial charge is 0.387 e. The van der Waals surface area contributed by atoms with Gasteiger partial charge < -0.3 is 10.8 Å². The van der Waals surface area contributed by atoms with Gasteiger partial charge in [-0.2, -0.15) is 0 Å². The van der Waals surface area contributed by atoms with E-state index >= 15 is 0 Å². The molecule has 0 amide bonds. The Bertz CT molecular complexity index is 367. The standard InChI is InChI=1S/C10H11F2NO/c11-5-3-7-6(8(12)4-5)1-2-9(13)10(7)14/h3-4,9-10,14H,1-2,13H2/t9-,10+/m0/s1. The molecule has 0 saturated carbocycles. The average Bonchev–Trinajstić information content (AvgIpc) is 2.12. The van der Waals surface area contributed by atoms with Crippen molar-refractivity contribution in [2.24, 2.45) is 5.73 Å². The molecule has 0 fully saturated rings. The highest BCUT2D eigenvalue weighted by Gasteiger charge is 2.27. The van der Waals surface area contributed by atoms with Crippen LogP contribution in [0.2, 0.25) is 0 Å². The molecule has 1 aromatic carbocycles. The van der Waals surface area contributed by atoms with Gasteiger partial charge >= 0.3 is 0 Å². The Hall–Kier alpha value is -1.00. The zero-order valence-corrected chi connectivity index (χ0v) is 7.50. The van der Waals surface area contributed by atoms with E-state index in [2.05, 4.69) is 0 Å². The Morgan fingerprint density at radius 3 is 2.79 bits per heavy atom. The maximum atomic E-state index is 13.2. The fraction of sp³-hybridized carbons (Fsp3) is 0.400. The van der Waals surface area contributed by atoms with Crippen molar-refractivity contribution in [3.8, 4) is 0 Å². The first-order valence-corrected chi connectivity index (χ1v) is 4.51. The molecule has 4 heteroatoms. The van der Waals surface area contributed by atoms with Gasteiger partial charge in [-0.3, -0.25) is 0 Å². The van der Waals surface area contributed by atoms with Crippen molar-refractivity contribution in [3.05, 3.63) is 34.9 Å². The van der Waals surface area contributed by atoms with Gasteiger partial charge in [-0.25, -0.2) is 8.78 Å². The molecule has 0 saturated heterocycles. The number of fused-ring (bicyclic) bond motifs is 1. The van der Waals surface area contributed by atoms with E-state index in [1.165, 1.54) is 0 Å². The molecule has 1 aliphatic carbocycles. The summed E-state index contributed by atoms with van der Waals surface area (Å²) in [6.07, 6.45) is 0.0279. The average molecular weight is 199 g/mol. The number of halogens is 2. The van der Waals surface area contributed by atoms with Crippen LogP contribution < -0.4 is 5.73 Å². The Morgan fingerprint density at radius 1 is 1.36 bits per heavy atom. The molecule has 2 atom stereocenters. The summed E-state index contributed by atoms with van der Waals surface area (Å²) >= 11 is 0. The third kappa shape index (κ3) is 1.40. The van der Waals surface area contributed by atoms with Crippen LogP contribution >= 0.6 is 0 Å². The summed E-state index contributed by atoms with van der Waals surface area (Å²) in [7, 11) is 0. The van der Waals surface area contributed by atoms with Crippen LogP contribution in [0.15, 0.2) is 12.1 Å². The van der Waals surface area contributed by atoms with Crippen LogP contribution in [0.1, 0.15) is 23.7 Å². The van der Waals surface area contributed by atoms with Crippen LogP contribution in [-0.2, 0) is 6.42 Å². The van der Waals surface area contributed by atoms with E-state index < -0.39 is 23.8 Å². The lowest BCUT2D eigenvalue weighted by atomic mass is 9.86. The number of rotatable bonds is 0. The van der Waals surface area contributed by atoms with Crippen molar-refractivity contribution in [2.45, 2.75) is 25.0 Å². The lowest BCUT2D eigenvalue weighted by molar-refractivity contribution is 0.132. The van der Waals surface area contributed by atoms with Gasteiger partial charge in [0.1, 0.15) is 11.6 Å². The Morgan fingerprint density at radius 2 is 2.07 bits per heavy atom. The van der Waals surface area contributed by atoms with Crippen molar-refractivity contribution in [1.82, 2.24) is 0 Å². The van der Waals surface area contributed by atoms with Gasteiger partial charge in [0, 0.05) is 12.1 Å². The minimum atomic E-state index is -0.955. The number of hydrogen-bond donors (Lipinski definition) is 2. The first-order chi connectivity index (χ1) is 6.59. The molecule has 76 valence electrons. The minimum Gasteiger partial charge on any atom is -0.387 e. The Balaban J connectivity index is 2.54. The van der Waals surface area contributed by atoms with E-state index in [1.807, 2.05) is 0 Å². The van der Waals surface area contributed by atoms with Gasteiger partial charge in [0.05, 0.1) is 6.10 Å². The van der Waals surface area contributed by atoms with Gasteiger partial charge in [0.2, 0.25) is 0 Å². The van der Waals surface area contributed by atoms with Gasteiger partial charge in [0.15, 0.2) is 0 Å². The van der Waals surface area contributed by atoms with Crippen LogP contribution in [0.4, 0.5) is 8.78 Å². The summed E-state index contributed by atoms with van der Waals surface area (Å²) in [6, 6.07) is 1.56. The van der Waals surface area contributed by atoms with E-state index in [0.717, 1.165) is 12.1 Å². The second-order valence-electron chi connectivity index (χ2n) is 3.60. The molecule has 0 aromatic heterocycles. The minimum absolute atomic E-state index is 0.293. The van der Waals surface area contributed by atoms with E-state index in [-0.39, 0.29) is 0 Å². The van der Waals surface area contributed by atoms with Crippen LogP contribution in [0.5, 0.6) is 0 Å². The fourth-order valence-corrected chi connectivity index (χ4v) is 1.85. The van der Waals surface area contributed by atoms with E-state index in [0.29, 0.717) is 24.0 Å². The highest BCUT2D eigenvalue weighted by atomic mass is 19.1. The van der Waals surface area contributed by atoms with Crippen molar-refractivity contribution >= 4 is 0 Å². The van der Waals surface area contributed by atoms with Gasteiger partial charge in [-0.15, -0.1) is 0 Å². The molecule has 0 radical (unpaired) electrons. The van der Waals surface area contributed by atoms with E-state index in [9.17, 15) is 13.9 Å². The predicted octanol–water partition coefficient (Wildman–Crippen LogP) is 1.27. The van der Waals surface area contributed by atoms with E-state index in [1.54, 1.807) is 0 Å². The topological polar surface area (TPSA) is 46.2 Å². The summed E-state index contributed by atoms with van der Waals surface area (Å²) < 4.78 is 26.1. The lowest BCUT2D eigenvalue weighted by Crippen LogP contribution is -2.33. The monoisotopic (exact) mass is 199 g/mol. The molecule has 2 rings (SSSR count). The predicted molar refractivity (Wildman–Crippen MR) is 47.6 cm³/mol. The molecule has 2 nitrogen and oxygen atoms in total. The smallest absolute Gasteiger partial charge is 0.129 e. The molecule has 1 aliphatic rings. The molecule has 0 spiro atoms. The Kier molecular flexibility index (Phi) is 2.25. The number of hydrogen-bond acceptors (Lipinski definition) is 2. The van der Waals surface area contributed by atoms with Gasteiger partial charge in [-0.05, 0) is 30.0 Å². The SMILES string of the molecule is N[C@H]1CCc2c(F)cc(F)cc2[C@H]1O. The number of aliphatic hydroxyl groups is 1. The third-order valence-electron chi connectivity index (χ3n) is 2.65. The fourth-order valence-electron chi connectivity index (χ4n) is 1.85. The Labute approximate surface area is 80.4 Å². The molecule has 3 N–H and O–H groups in total. The first kappa shape index (κ1) is 9.55. The number of nitrogens with two attached hydrogens (primary N) is 1. The van der Waals surface area contributed by atoms with Crippen molar-refractivity contribution in [1.29, 1.82) is 0 Å². The molecule has 0 aliphatic heterocycles. The number of benzene rings is 1. The van der Waals surface area contributed by atoms with Crippen LogP contribution in [-0.4, -0.2) is 11.1 Å². The van der Waals surface area contributed by atoms with Gasteiger partial charge in [-0.1, -0.05) is 0 Å². The number of aliphatic hydroxyl groups excluding tert-OH is 1. The zero-order valence-electron chi connectivity index (χ0n) is 7.50. The molecular formula is C10H11F2NO. The molecular weight excluding hydrogens is 188 g/mol. The first-order valence-electron chi connectivity index (χ1n) is 4.51. The lowest BCUT2D eigenvalue weighted by Gasteiger charge is -2.27. The second-order valence-corrected chi connectivity index (χ2v) is 3.60. The maximum Gasteiger partial charge on any atom is 0.129 e. The summed E-state index contributed by atoms with van der Waals surface area (Å²) in [4.78, 5) is 0. The van der Waals surface area contributed by atoms with Gasteiger partial charge in [0.25, 0.3) is 0 Å². The van der Waals surface area contributed by atoms with Crippen LogP contribution in [0, 0.1) is 11.6 Å². The van der Waals surface area contributed by atoms with Crippen LogP contribution in [0.25, 0.3) is 0 Å². The van der Waals surface area contributed by atoms with Crippen LogP contribution in [0.3, 0.4) is 0 Å². The molecule has 14 heavy (non-hydrogen) atoms. The summed E-state index contributed by atoms with van der Waals surface area (Å²) in [5, 5.41) is 9.62. The molecule has 0 heterocycles. The highest BCUT2D eigenvalue weighted by molar-refractivity contribution is 5.34. The zero-order chi connectivity index (χ0) is 10.3. The maximum absolute atomic E-state index is 13.2. The quantitative estimate of drug-likeness (QED) is 0.661. The third-order valence-corrected chi connectivity index (χ3v) is 2.65. The molecule has 0 unspecified atom stereocenters. The summed E-state index contributed by atoms with van der Waals surface area (Å²) in [5.41, 5.74) is 6.28. The molecule has 0 bridgehead atoms. The summed E-state index contributed by atoms with van der Waals surface area (Å²) in [5.74, 6) is -1.26. The second kappa shape index (κ2) is 3.29. The highest BCUT2D eigenvalue weighted by Crippen LogP contribution is 2.31. The van der Waals surface area contributed by atoms with Crippen molar-refractivity contribution < 1.29 is 13.9 Å². The van der Waals surface area contributed by atoms with Crippen molar-refractivity contribution in [2.75, 3.05) is 0 Å². The summed E-state index contributed by atoms with van der Waals surface area (Å²) in [6.45, 7) is 0. The van der Waals surface area contributed by atoms with E-state index in [4.69, 9.17) is 5.73 Å². The van der Waals surface area contributed by atoms with Crippen molar-refractivity contribution in [3.63, 3.8) is 0 Å². The molecule has 1 aromatic rings.